The third-order valence-electron chi connectivity index (χ3n) is 4.16. The van der Waals surface area contributed by atoms with Crippen LogP contribution in [0, 0.1) is 3.57 Å². The highest BCUT2D eigenvalue weighted by Crippen LogP contribution is 2.41. The number of rotatable bonds is 3. The number of amides is 2. The lowest BCUT2D eigenvalue weighted by Crippen LogP contribution is -2.38. The number of nitrogens with zero attached hydrogens (tertiary/aromatic N) is 2. The number of halogens is 1. The van der Waals surface area contributed by atoms with Crippen LogP contribution in [0.1, 0.15) is 20.8 Å². The first-order valence-corrected chi connectivity index (χ1v) is 12.7. The lowest BCUT2D eigenvalue weighted by molar-refractivity contribution is -0.117. The lowest BCUT2D eigenvalue weighted by Gasteiger charge is -2.24. The van der Waals surface area contributed by atoms with Crippen molar-refractivity contribution in [3.63, 3.8) is 0 Å². The van der Waals surface area contributed by atoms with Gasteiger partial charge in [-0.3, -0.25) is 4.79 Å². The Labute approximate surface area is 187 Å². The van der Waals surface area contributed by atoms with E-state index in [2.05, 4.69) is 32.9 Å². The Hall–Kier alpha value is -1.34. The first-order valence-electron chi connectivity index (χ1n) is 8.94. The molecule has 0 aromatic heterocycles. The van der Waals surface area contributed by atoms with Crippen LogP contribution >= 0.6 is 34.4 Å². The van der Waals surface area contributed by atoms with E-state index in [1.807, 2.05) is 29.2 Å². The molecule has 3 rings (SSSR count). The monoisotopic (exact) mass is 551 g/mol. The number of thioether (sulfide) groups is 1. The molecule has 1 aromatic carbocycles. The minimum Gasteiger partial charge on any atom is -0.444 e. The molecule has 2 aliphatic rings. The van der Waals surface area contributed by atoms with Crippen molar-refractivity contribution in [2.75, 3.05) is 23.0 Å². The number of hydrogen-bond acceptors (Lipinski definition) is 6. The van der Waals surface area contributed by atoms with Crippen molar-refractivity contribution in [2.45, 2.75) is 37.7 Å². The molecule has 2 amide bonds. The highest BCUT2D eigenvalue weighted by atomic mass is 127. The molecule has 2 heterocycles. The number of benzene rings is 1. The third kappa shape index (κ3) is 5.85. The summed E-state index contributed by atoms with van der Waals surface area (Å²) in [5.74, 6) is -0.442. The molecule has 1 aromatic rings. The van der Waals surface area contributed by atoms with Crippen molar-refractivity contribution in [2.24, 2.45) is 4.99 Å². The Morgan fingerprint density at radius 1 is 1.34 bits per heavy atom. The lowest BCUT2D eigenvalue weighted by atomic mass is 10.2. The molecular formula is C18H22IN3O5S2. The molecule has 158 valence electrons. The second-order valence-corrected chi connectivity index (χ2v) is 12.4. The molecule has 2 saturated heterocycles. The van der Waals surface area contributed by atoms with Gasteiger partial charge in [0, 0.05) is 14.5 Å². The molecule has 2 atom stereocenters. The fraction of sp³-hybridized carbons (Fsp3) is 0.500. The second-order valence-electron chi connectivity index (χ2n) is 7.79. The van der Waals surface area contributed by atoms with Gasteiger partial charge in [0.25, 0.3) is 5.91 Å². The standard InChI is InChI=1S/C18H22IN3O5S2/c1-18(2,3)27-17(24)20-8-15(23)21-16-22(12-6-4-5-11(19)7-12)13-9-29(25,26)10-14(13)28-16/h4-7,13-14H,8-10H2,1-3H3,(H,20,24)/t13-,14+/m0/s1. The number of carbonyl (C=O) groups excluding carboxylic acids is 2. The highest BCUT2D eigenvalue weighted by molar-refractivity contribution is 14.1. The number of nitrogens with one attached hydrogen (secondary N) is 1. The van der Waals surface area contributed by atoms with E-state index < -0.39 is 27.4 Å². The number of aliphatic imine (C=N–C) groups is 1. The topological polar surface area (TPSA) is 105 Å². The van der Waals surface area contributed by atoms with Gasteiger partial charge in [0.15, 0.2) is 15.0 Å². The summed E-state index contributed by atoms with van der Waals surface area (Å²) in [7, 11) is -3.13. The van der Waals surface area contributed by atoms with Crippen LogP contribution in [0.4, 0.5) is 10.5 Å². The van der Waals surface area contributed by atoms with Gasteiger partial charge in [-0.2, -0.15) is 4.99 Å². The molecule has 0 radical (unpaired) electrons. The van der Waals surface area contributed by atoms with Crippen LogP contribution in [-0.4, -0.2) is 60.5 Å². The van der Waals surface area contributed by atoms with Crippen molar-refractivity contribution in [1.29, 1.82) is 0 Å². The maximum Gasteiger partial charge on any atom is 0.408 e. The Bertz CT molecular complexity index is 958. The predicted octanol–water partition coefficient (Wildman–Crippen LogP) is 2.42. The molecule has 2 aliphatic heterocycles. The van der Waals surface area contributed by atoms with Crippen LogP contribution in [0.15, 0.2) is 29.3 Å². The molecule has 1 N–H and O–H groups in total. The van der Waals surface area contributed by atoms with Gasteiger partial charge in [0.05, 0.1) is 17.5 Å². The van der Waals surface area contributed by atoms with E-state index in [-0.39, 0.29) is 29.3 Å². The summed E-state index contributed by atoms with van der Waals surface area (Å²) >= 11 is 3.48. The van der Waals surface area contributed by atoms with Crippen LogP contribution < -0.4 is 10.2 Å². The Morgan fingerprint density at radius 3 is 2.72 bits per heavy atom. The van der Waals surface area contributed by atoms with E-state index in [4.69, 9.17) is 4.74 Å². The van der Waals surface area contributed by atoms with Crippen molar-refractivity contribution >= 4 is 67.0 Å². The third-order valence-corrected chi connectivity index (χ3v) is 8.04. The number of hydrogen-bond donors (Lipinski definition) is 1. The van der Waals surface area contributed by atoms with Gasteiger partial charge in [-0.05, 0) is 61.6 Å². The van der Waals surface area contributed by atoms with Gasteiger partial charge < -0.3 is 15.0 Å². The summed E-state index contributed by atoms with van der Waals surface area (Å²) in [5.41, 5.74) is 0.130. The number of alkyl carbamates (subject to hydrolysis) is 1. The van der Waals surface area contributed by atoms with Gasteiger partial charge in [-0.15, -0.1) is 0 Å². The van der Waals surface area contributed by atoms with Crippen molar-refractivity contribution in [1.82, 2.24) is 5.32 Å². The summed E-state index contributed by atoms with van der Waals surface area (Å²) in [6.07, 6.45) is -0.692. The zero-order valence-electron chi connectivity index (χ0n) is 16.2. The van der Waals surface area contributed by atoms with E-state index in [1.54, 1.807) is 20.8 Å². The van der Waals surface area contributed by atoms with Crippen LogP contribution in [0.25, 0.3) is 0 Å². The number of sulfone groups is 1. The average molecular weight is 551 g/mol. The second kappa shape index (κ2) is 8.42. The smallest absolute Gasteiger partial charge is 0.408 e. The summed E-state index contributed by atoms with van der Waals surface area (Å²) in [5, 5.41) is 2.67. The van der Waals surface area contributed by atoms with Crippen LogP contribution in [0.5, 0.6) is 0 Å². The van der Waals surface area contributed by atoms with Crippen LogP contribution in [0.2, 0.25) is 0 Å². The molecule has 8 nitrogen and oxygen atoms in total. The summed E-state index contributed by atoms with van der Waals surface area (Å²) in [4.78, 5) is 30.1. The van der Waals surface area contributed by atoms with Crippen molar-refractivity contribution < 1.29 is 22.7 Å². The molecule has 11 heteroatoms. The first-order chi connectivity index (χ1) is 13.4. The maximum absolute atomic E-state index is 12.3. The minimum absolute atomic E-state index is 0.0273. The molecule has 0 saturated carbocycles. The van der Waals surface area contributed by atoms with Gasteiger partial charge in [-0.25, -0.2) is 13.2 Å². The number of amidine groups is 1. The zero-order chi connectivity index (χ0) is 21.4. The Morgan fingerprint density at radius 2 is 2.07 bits per heavy atom. The van der Waals surface area contributed by atoms with Crippen molar-refractivity contribution in [3.05, 3.63) is 27.8 Å². The molecule has 0 unspecified atom stereocenters. The maximum atomic E-state index is 12.3. The largest absolute Gasteiger partial charge is 0.444 e. The average Bonchev–Trinajstić information content (AvgIpc) is 3.02. The Kier molecular flexibility index (Phi) is 6.49. The number of carbonyl (C=O) groups is 2. The number of anilines is 1. The van der Waals surface area contributed by atoms with E-state index in [0.717, 1.165) is 9.26 Å². The number of fused-ring (bicyclic) bond motifs is 1. The fourth-order valence-electron chi connectivity index (χ4n) is 3.10. The van der Waals surface area contributed by atoms with E-state index in [1.165, 1.54) is 11.8 Å². The molecule has 29 heavy (non-hydrogen) atoms. The minimum atomic E-state index is -3.13. The normalized spacial score (nSPS) is 24.4. The summed E-state index contributed by atoms with van der Waals surface area (Å²) < 4.78 is 30.3. The van der Waals surface area contributed by atoms with E-state index in [0.29, 0.717) is 5.17 Å². The summed E-state index contributed by atoms with van der Waals surface area (Å²) in [6.45, 7) is 4.90. The molecule has 0 aliphatic carbocycles. The predicted molar refractivity (Wildman–Crippen MR) is 122 cm³/mol. The Balaban J connectivity index is 1.78. The van der Waals surface area contributed by atoms with Gasteiger partial charge >= 0.3 is 6.09 Å². The van der Waals surface area contributed by atoms with Crippen LogP contribution in [-0.2, 0) is 19.4 Å². The SMILES string of the molecule is CC(C)(C)OC(=O)NCC(=O)N=C1S[C@@H]2CS(=O)(=O)C[C@@H]2N1c1cccc(I)c1. The van der Waals surface area contributed by atoms with Gasteiger partial charge in [0.1, 0.15) is 12.1 Å². The van der Waals surface area contributed by atoms with E-state index in [9.17, 15) is 18.0 Å². The highest BCUT2D eigenvalue weighted by Gasteiger charge is 2.49. The van der Waals surface area contributed by atoms with Crippen LogP contribution in [0.3, 0.4) is 0 Å². The van der Waals surface area contributed by atoms with E-state index >= 15 is 0 Å². The van der Waals surface area contributed by atoms with Gasteiger partial charge in [0.2, 0.25) is 0 Å². The molecule has 2 fully saturated rings. The quantitative estimate of drug-likeness (QED) is 0.576. The zero-order valence-corrected chi connectivity index (χ0v) is 20.0. The molecular weight excluding hydrogens is 529 g/mol. The molecule has 0 bridgehead atoms. The number of ether oxygens (including phenoxy) is 1. The summed E-state index contributed by atoms with van der Waals surface area (Å²) in [6, 6.07) is 7.33. The first kappa shape index (κ1) is 22.3. The molecule has 0 spiro atoms. The van der Waals surface area contributed by atoms with Crippen molar-refractivity contribution in [3.8, 4) is 0 Å². The van der Waals surface area contributed by atoms with Gasteiger partial charge in [-0.1, -0.05) is 17.8 Å². The fourth-order valence-corrected chi connectivity index (χ4v) is 7.56.